The molecule has 1 fully saturated rings. The molecule has 4 rings (SSSR count). The summed E-state index contributed by atoms with van der Waals surface area (Å²) in [6.07, 6.45) is 9.20. The van der Waals surface area contributed by atoms with Crippen LogP contribution in [-0.4, -0.2) is 68.2 Å². The number of anilines is 1. The highest BCUT2D eigenvalue weighted by Crippen LogP contribution is 2.25. The minimum Gasteiger partial charge on any atom is -0.380 e. The number of H-pyrrole nitrogens is 1. The number of amides is 1. The van der Waals surface area contributed by atoms with Crippen LogP contribution in [0, 0.1) is 0 Å². The number of rotatable bonds is 6. The highest BCUT2D eigenvalue weighted by Gasteiger charge is 2.33. The zero-order chi connectivity index (χ0) is 19.5. The number of carbonyl (C=O) groups is 1. The summed E-state index contributed by atoms with van der Waals surface area (Å²) in [5, 5.41) is 14.1. The predicted molar refractivity (Wildman–Crippen MR) is 102 cm³/mol. The van der Waals surface area contributed by atoms with E-state index in [9.17, 15) is 4.79 Å². The number of nitrogens with one attached hydrogen (secondary N) is 2. The average Bonchev–Trinajstić information content (AvgIpc) is 3.45. The van der Waals surface area contributed by atoms with Gasteiger partial charge in [0.15, 0.2) is 0 Å². The number of aryl methyl sites for hydroxylation is 1. The fourth-order valence-electron chi connectivity index (χ4n) is 3.51. The van der Waals surface area contributed by atoms with Crippen LogP contribution < -0.4 is 10.2 Å². The summed E-state index contributed by atoms with van der Waals surface area (Å²) in [4.78, 5) is 23.2. The van der Waals surface area contributed by atoms with Crippen molar-refractivity contribution in [2.24, 2.45) is 7.05 Å². The third-order valence-electron chi connectivity index (χ3n) is 4.95. The first-order chi connectivity index (χ1) is 13.7. The third kappa shape index (κ3) is 3.58. The zero-order valence-electron chi connectivity index (χ0n) is 15.7. The van der Waals surface area contributed by atoms with Gasteiger partial charge in [-0.15, -0.1) is 0 Å². The Kier molecular flexibility index (Phi) is 5.02. The molecule has 1 amide bonds. The molecule has 2 N–H and O–H groups in total. The van der Waals surface area contributed by atoms with Crippen molar-refractivity contribution in [2.75, 3.05) is 25.1 Å². The second kappa shape index (κ2) is 7.77. The van der Waals surface area contributed by atoms with Gasteiger partial charge in [-0.3, -0.25) is 14.6 Å². The van der Waals surface area contributed by atoms with Gasteiger partial charge in [0.2, 0.25) is 0 Å². The van der Waals surface area contributed by atoms with Gasteiger partial charge < -0.3 is 15.0 Å². The van der Waals surface area contributed by atoms with Crippen molar-refractivity contribution in [2.45, 2.75) is 18.6 Å². The molecule has 146 valence electrons. The van der Waals surface area contributed by atoms with Gasteiger partial charge in [-0.2, -0.15) is 10.2 Å². The van der Waals surface area contributed by atoms with Crippen molar-refractivity contribution < 1.29 is 9.53 Å². The number of hydrogen-bond acceptors (Lipinski definition) is 7. The van der Waals surface area contributed by atoms with Crippen LogP contribution in [0.2, 0.25) is 0 Å². The Morgan fingerprint density at radius 2 is 2.32 bits per heavy atom. The summed E-state index contributed by atoms with van der Waals surface area (Å²) in [5.74, 6) is 0.643. The largest absolute Gasteiger partial charge is 0.380 e. The van der Waals surface area contributed by atoms with Crippen molar-refractivity contribution in [1.82, 2.24) is 35.3 Å². The second-order valence-electron chi connectivity index (χ2n) is 6.74. The molecule has 0 saturated carbocycles. The van der Waals surface area contributed by atoms with Crippen LogP contribution in [0.5, 0.6) is 0 Å². The van der Waals surface area contributed by atoms with Crippen molar-refractivity contribution in [3.63, 3.8) is 0 Å². The van der Waals surface area contributed by atoms with E-state index < -0.39 is 0 Å². The van der Waals surface area contributed by atoms with Gasteiger partial charge in [0.05, 0.1) is 35.8 Å². The van der Waals surface area contributed by atoms with E-state index in [1.54, 1.807) is 24.2 Å². The Hall–Kier alpha value is -3.27. The first-order valence-electron chi connectivity index (χ1n) is 9.01. The van der Waals surface area contributed by atoms with Gasteiger partial charge in [0.1, 0.15) is 12.1 Å². The van der Waals surface area contributed by atoms with E-state index in [2.05, 4.69) is 35.5 Å². The van der Waals surface area contributed by atoms with E-state index in [4.69, 9.17) is 4.74 Å². The van der Waals surface area contributed by atoms with Crippen LogP contribution in [0.4, 0.5) is 5.82 Å². The molecule has 0 radical (unpaired) electrons. The van der Waals surface area contributed by atoms with Crippen molar-refractivity contribution in [3.8, 4) is 11.3 Å². The van der Waals surface area contributed by atoms with Gasteiger partial charge in [-0.25, -0.2) is 9.97 Å². The van der Waals surface area contributed by atoms with Crippen LogP contribution in [0.25, 0.3) is 11.3 Å². The van der Waals surface area contributed by atoms with Gasteiger partial charge in [0, 0.05) is 45.2 Å². The number of hydrogen-bond donors (Lipinski definition) is 2. The summed E-state index contributed by atoms with van der Waals surface area (Å²) < 4.78 is 7.21. The van der Waals surface area contributed by atoms with Crippen LogP contribution in [-0.2, 0) is 11.8 Å². The lowest BCUT2D eigenvalue weighted by Crippen LogP contribution is -2.40. The molecule has 10 heteroatoms. The molecule has 3 aromatic rings. The summed E-state index contributed by atoms with van der Waals surface area (Å²) >= 11 is 0. The van der Waals surface area contributed by atoms with E-state index >= 15 is 0 Å². The summed E-state index contributed by atoms with van der Waals surface area (Å²) in [6.45, 7) is 1.20. The van der Waals surface area contributed by atoms with E-state index in [1.807, 2.05) is 19.3 Å². The first kappa shape index (κ1) is 18.1. The van der Waals surface area contributed by atoms with Crippen LogP contribution in [0.1, 0.15) is 16.8 Å². The molecule has 1 aliphatic rings. The lowest BCUT2D eigenvalue weighted by molar-refractivity contribution is 0.0947. The Morgan fingerprint density at radius 1 is 1.43 bits per heavy atom. The number of nitrogens with zero attached hydrogens (tertiary/aromatic N) is 6. The lowest BCUT2D eigenvalue weighted by Gasteiger charge is -2.25. The fraction of sp³-hybridized carbons (Fsp3) is 0.389. The highest BCUT2D eigenvalue weighted by molar-refractivity contribution is 5.99. The number of ether oxygens (including phenoxy) is 1. The standard InChI is InChI=1S/C18H22N8O2/c1-25-9-12(6-23-25)17-15(8-22-24-17)18(27)20-7-13-5-14(28-2)10-26(13)16-3-4-19-11-21-16/h3-4,6,8-9,11,13-14H,5,7,10H2,1-2H3,(H,20,27)(H,22,24)/t13-,14-/m0/s1. The first-order valence-corrected chi connectivity index (χ1v) is 9.01. The SMILES string of the molecule is CO[C@H]1C[C@@H](CNC(=O)c2cn[nH]c2-c2cnn(C)c2)N(c2ccncn2)C1. The normalized spacial score (nSPS) is 19.1. The van der Waals surface area contributed by atoms with Crippen molar-refractivity contribution in [1.29, 1.82) is 0 Å². The van der Waals surface area contributed by atoms with Gasteiger partial charge in [-0.1, -0.05) is 0 Å². The molecule has 0 bridgehead atoms. The predicted octanol–water partition coefficient (Wildman–Crippen LogP) is 0.624. The second-order valence-corrected chi connectivity index (χ2v) is 6.74. The monoisotopic (exact) mass is 382 g/mol. The van der Waals surface area contributed by atoms with Crippen LogP contribution in [0.15, 0.2) is 37.2 Å². The zero-order valence-corrected chi connectivity index (χ0v) is 15.7. The fourth-order valence-corrected chi connectivity index (χ4v) is 3.51. The van der Waals surface area contributed by atoms with E-state index in [-0.39, 0.29) is 18.1 Å². The Labute approximate surface area is 161 Å². The lowest BCUT2D eigenvalue weighted by atomic mass is 10.1. The molecule has 3 aromatic heterocycles. The number of aromatic amines is 1. The maximum absolute atomic E-state index is 12.8. The van der Waals surface area contributed by atoms with Crippen molar-refractivity contribution >= 4 is 11.7 Å². The molecule has 28 heavy (non-hydrogen) atoms. The molecule has 1 aliphatic heterocycles. The van der Waals surface area contributed by atoms with Crippen LogP contribution in [0.3, 0.4) is 0 Å². The molecule has 10 nitrogen and oxygen atoms in total. The molecule has 0 spiro atoms. The van der Waals surface area contributed by atoms with Crippen LogP contribution >= 0.6 is 0 Å². The Balaban J connectivity index is 1.46. The van der Waals surface area contributed by atoms with Gasteiger partial charge in [-0.05, 0) is 12.5 Å². The molecule has 1 saturated heterocycles. The molecule has 0 unspecified atom stereocenters. The highest BCUT2D eigenvalue weighted by atomic mass is 16.5. The van der Waals surface area contributed by atoms with E-state index in [0.717, 1.165) is 24.3 Å². The molecule has 0 aliphatic carbocycles. The summed E-state index contributed by atoms with van der Waals surface area (Å²) in [5.41, 5.74) is 1.95. The number of methoxy groups -OCH3 is 1. The maximum Gasteiger partial charge on any atom is 0.255 e. The minimum atomic E-state index is -0.184. The van der Waals surface area contributed by atoms with Crippen molar-refractivity contribution in [3.05, 3.63) is 42.7 Å². The molecule has 2 atom stereocenters. The smallest absolute Gasteiger partial charge is 0.255 e. The Morgan fingerprint density at radius 3 is 3.04 bits per heavy atom. The minimum absolute atomic E-state index is 0.0811. The average molecular weight is 382 g/mol. The number of aromatic nitrogens is 6. The summed E-state index contributed by atoms with van der Waals surface area (Å²) in [6, 6.07) is 1.95. The molecule has 0 aromatic carbocycles. The van der Waals surface area contributed by atoms with E-state index in [0.29, 0.717) is 17.8 Å². The number of carbonyl (C=O) groups excluding carboxylic acids is 1. The molecule has 4 heterocycles. The third-order valence-corrected chi connectivity index (χ3v) is 4.95. The van der Waals surface area contributed by atoms with E-state index in [1.165, 1.54) is 12.5 Å². The van der Waals surface area contributed by atoms with Gasteiger partial charge >= 0.3 is 0 Å². The molecular formula is C18H22N8O2. The summed E-state index contributed by atoms with van der Waals surface area (Å²) in [7, 11) is 3.53. The topological polar surface area (TPSA) is 114 Å². The quantitative estimate of drug-likeness (QED) is 0.642. The molecular weight excluding hydrogens is 360 g/mol. The maximum atomic E-state index is 12.8. The Bertz CT molecular complexity index is 938. The van der Waals surface area contributed by atoms with Gasteiger partial charge in [0.25, 0.3) is 5.91 Å².